The molecule has 0 aromatic carbocycles. The van der Waals surface area contributed by atoms with Crippen LogP contribution in [-0.2, 0) is 19.6 Å². The first-order valence-corrected chi connectivity index (χ1v) is 9.46. The monoisotopic (exact) mass is 388 g/mol. The van der Waals surface area contributed by atoms with E-state index in [1.165, 1.54) is 6.26 Å². The van der Waals surface area contributed by atoms with E-state index in [9.17, 15) is 13.2 Å². The second kappa shape index (κ2) is 8.43. The Bertz CT molecular complexity index is 735. The van der Waals surface area contributed by atoms with E-state index >= 15 is 0 Å². The molecule has 1 saturated heterocycles. The van der Waals surface area contributed by atoms with Crippen LogP contribution in [0.25, 0.3) is 0 Å². The van der Waals surface area contributed by atoms with Crippen LogP contribution in [0.4, 0.5) is 0 Å². The molecule has 144 valence electrons. The lowest BCUT2D eigenvalue weighted by Gasteiger charge is -2.33. The smallest absolute Gasteiger partial charge is 0.414 e. The Hall–Kier alpha value is -2.24. The molecule has 2 N–H and O–H groups in total. The number of rotatable bonds is 5. The number of carbonyl (C=O) groups is 3. The molecule has 1 aliphatic carbocycles. The molecular weight excluding hydrogens is 368 g/mol. The van der Waals surface area contributed by atoms with E-state index in [0.717, 1.165) is 12.8 Å². The second-order valence-electron chi connectivity index (χ2n) is 5.93. The van der Waals surface area contributed by atoms with Crippen LogP contribution in [0.2, 0.25) is 0 Å². The fourth-order valence-corrected chi connectivity index (χ4v) is 4.26. The Morgan fingerprint density at radius 3 is 2.08 bits per heavy atom. The van der Waals surface area contributed by atoms with Gasteiger partial charge in [0.05, 0.1) is 18.1 Å². The average Bonchev–Trinajstić information content (AvgIpc) is 3.32. The summed E-state index contributed by atoms with van der Waals surface area (Å²) in [6, 6.07) is 3.34. The minimum atomic E-state index is -3.08. The third kappa shape index (κ3) is 5.38. The minimum absolute atomic E-state index is 0.0616. The molecule has 2 heterocycles. The molecule has 0 atom stereocenters. The van der Waals surface area contributed by atoms with Crippen LogP contribution in [-0.4, -0.2) is 83.5 Å². The fourth-order valence-electron chi connectivity index (χ4n) is 2.44. The summed E-state index contributed by atoms with van der Waals surface area (Å²) in [6.45, 7) is 2.43. The van der Waals surface area contributed by atoms with Crippen molar-refractivity contribution in [2.24, 2.45) is 0 Å². The molecule has 0 spiro atoms. The van der Waals surface area contributed by atoms with Gasteiger partial charge in [-0.05, 0) is 25.0 Å². The number of hydrogen-bond acceptors (Lipinski definition) is 7. The van der Waals surface area contributed by atoms with E-state index in [1.54, 1.807) is 16.4 Å². The predicted octanol–water partition coefficient (Wildman–Crippen LogP) is -0.272. The quantitative estimate of drug-likeness (QED) is 0.514. The lowest BCUT2D eigenvalue weighted by molar-refractivity contribution is -0.159. The summed E-state index contributed by atoms with van der Waals surface area (Å²) in [5.74, 6) is -3.35. The molecule has 1 aromatic rings. The fraction of sp³-hybridized carbons (Fsp3) is 0.533. The highest BCUT2D eigenvalue weighted by Crippen LogP contribution is 2.31. The lowest BCUT2D eigenvalue weighted by atomic mass is 10.2. The van der Waals surface area contributed by atoms with Gasteiger partial charge in [-0.2, -0.15) is 4.31 Å². The molecular formula is C15H20N2O8S. The van der Waals surface area contributed by atoms with E-state index in [-0.39, 0.29) is 17.6 Å². The summed E-state index contributed by atoms with van der Waals surface area (Å²) in [5, 5.41) is 14.6. The maximum Gasteiger partial charge on any atom is 0.414 e. The van der Waals surface area contributed by atoms with Gasteiger partial charge in [0.2, 0.25) is 15.8 Å². The van der Waals surface area contributed by atoms with Gasteiger partial charge >= 0.3 is 11.9 Å². The van der Waals surface area contributed by atoms with Gasteiger partial charge < -0.3 is 14.6 Å². The summed E-state index contributed by atoms with van der Waals surface area (Å²) in [4.78, 5) is 32.1. The summed E-state index contributed by atoms with van der Waals surface area (Å²) in [5.41, 5.74) is 0. The molecule has 0 radical (unpaired) electrons. The molecule has 0 unspecified atom stereocenters. The number of Topliss-reactive ketones (excluding diaryl/α,β-unsaturated/α-hetero) is 1. The van der Waals surface area contributed by atoms with Gasteiger partial charge in [0.1, 0.15) is 0 Å². The SMILES string of the molecule is O=C(CN1CCN(S(=O)(=O)C2CC2)CC1)c1ccco1.O=C(O)C(=O)O. The third-order valence-corrected chi connectivity index (χ3v) is 6.38. The Kier molecular flexibility index (Phi) is 6.51. The zero-order chi connectivity index (χ0) is 19.3. The maximum atomic E-state index is 12.1. The van der Waals surface area contributed by atoms with Gasteiger partial charge in [-0.3, -0.25) is 9.69 Å². The molecule has 1 saturated carbocycles. The second-order valence-corrected chi connectivity index (χ2v) is 8.14. The number of furan rings is 1. The molecule has 2 fully saturated rings. The van der Waals surface area contributed by atoms with Gasteiger partial charge in [-0.15, -0.1) is 0 Å². The first-order valence-electron chi connectivity index (χ1n) is 7.96. The van der Waals surface area contributed by atoms with Crippen molar-refractivity contribution in [3.05, 3.63) is 24.2 Å². The lowest BCUT2D eigenvalue weighted by Crippen LogP contribution is -2.50. The van der Waals surface area contributed by atoms with E-state index in [0.29, 0.717) is 31.9 Å². The first kappa shape index (κ1) is 20.1. The van der Waals surface area contributed by atoms with Crippen LogP contribution in [0.3, 0.4) is 0 Å². The molecule has 10 nitrogen and oxygen atoms in total. The molecule has 1 aliphatic heterocycles. The molecule has 1 aromatic heterocycles. The van der Waals surface area contributed by atoms with Crippen LogP contribution >= 0.6 is 0 Å². The molecule has 0 bridgehead atoms. The Labute approximate surface area is 150 Å². The number of piperazine rings is 1. The Morgan fingerprint density at radius 1 is 1.08 bits per heavy atom. The van der Waals surface area contributed by atoms with Crippen LogP contribution < -0.4 is 0 Å². The van der Waals surface area contributed by atoms with Gasteiger partial charge in [0.25, 0.3) is 0 Å². The van der Waals surface area contributed by atoms with Gasteiger partial charge in [0, 0.05) is 26.2 Å². The molecule has 0 amide bonds. The Balaban J connectivity index is 0.000000352. The van der Waals surface area contributed by atoms with Crippen molar-refractivity contribution in [1.82, 2.24) is 9.21 Å². The molecule has 26 heavy (non-hydrogen) atoms. The van der Waals surface area contributed by atoms with Crippen LogP contribution in [0.15, 0.2) is 22.8 Å². The molecule has 2 aliphatic rings. The number of sulfonamides is 1. The predicted molar refractivity (Wildman–Crippen MR) is 88.3 cm³/mol. The highest BCUT2D eigenvalue weighted by Gasteiger charge is 2.41. The summed E-state index contributed by atoms with van der Waals surface area (Å²) >= 11 is 0. The van der Waals surface area contributed by atoms with E-state index in [2.05, 4.69) is 0 Å². The standard InChI is InChI=1S/C13H18N2O4S.C2H2O4/c16-12(13-2-1-9-19-13)10-14-5-7-15(8-6-14)20(17,18)11-3-4-11;3-1(4)2(5)6/h1-2,9,11H,3-8,10H2;(H,3,4)(H,5,6). The highest BCUT2D eigenvalue weighted by atomic mass is 32.2. The Morgan fingerprint density at radius 2 is 1.65 bits per heavy atom. The van der Waals surface area contributed by atoms with Gasteiger partial charge in [-0.25, -0.2) is 18.0 Å². The van der Waals surface area contributed by atoms with Crippen LogP contribution in [0.5, 0.6) is 0 Å². The number of carboxylic acid groups (broad SMARTS) is 2. The number of carboxylic acids is 2. The molecule has 11 heteroatoms. The summed E-state index contributed by atoms with van der Waals surface area (Å²) in [6.07, 6.45) is 3.06. The number of aliphatic carboxylic acids is 2. The zero-order valence-corrected chi connectivity index (χ0v) is 14.7. The topological polar surface area (TPSA) is 145 Å². The molecule has 3 rings (SSSR count). The maximum absolute atomic E-state index is 12.1. The summed E-state index contributed by atoms with van der Waals surface area (Å²) in [7, 11) is -3.08. The number of hydrogen-bond donors (Lipinski definition) is 2. The van der Waals surface area contributed by atoms with Crippen molar-refractivity contribution in [2.45, 2.75) is 18.1 Å². The number of carbonyl (C=O) groups excluding carboxylic acids is 1. The van der Waals surface area contributed by atoms with Crippen molar-refractivity contribution >= 4 is 27.7 Å². The first-order chi connectivity index (χ1) is 12.2. The summed E-state index contributed by atoms with van der Waals surface area (Å²) < 4.78 is 30.8. The van der Waals surface area contributed by atoms with Gasteiger partial charge in [0.15, 0.2) is 5.76 Å². The largest absolute Gasteiger partial charge is 0.473 e. The average molecular weight is 388 g/mol. The van der Waals surface area contributed by atoms with E-state index < -0.39 is 22.0 Å². The highest BCUT2D eigenvalue weighted by molar-refractivity contribution is 7.90. The van der Waals surface area contributed by atoms with Crippen LogP contribution in [0.1, 0.15) is 23.4 Å². The van der Waals surface area contributed by atoms with Crippen LogP contribution in [0, 0.1) is 0 Å². The van der Waals surface area contributed by atoms with E-state index in [1.807, 2.05) is 4.90 Å². The zero-order valence-electron chi connectivity index (χ0n) is 13.9. The normalized spacial score (nSPS) is 18.6. The van der Waals surface area contributed by atoms with Crippen molar-refractivity contribution in [1.29, 1.82) is 0 Å². The van der Waals surface area contributed by atoms with Crippen molar-refractivity contribution in [3.63, 3.8) is 0 Å². The number of ketones is 1. The minimum Gasteiger partial charge on any atom is -0.473 e. The van der Waals surface area contributed by atoms with E-state index in [4.69, 9.17) is 24.2 Å². The van der Waals surface area contributed by atoms with Gasteiger partial charge in [-0.1, -0.05) is 0 Å². The van der Waals surface area contributed by atoms with Crippen molar-refractivity contribution in [2.75, 3.05) is 32.7 Å². The number of nitrogens with zero attached hydrogens (tertiary/aromatic N) is 2. The van der Waals surface area contributed by atoms with Crippen molar-refractivity contribution in [3.8, 4) is 0 Å². The third-order valence-electron chi connectivity index (χ3n) is 3.98. The van der Waals surface area contributed by atoms with Crippen molar-refractivity contribution < 1.29 is 37.4 Å².